The summed E-state index contributed by atoms with van der Waals surface area (Å²) >= 11 is 0. The lowest BCUT2D eigenvalue weighted by atomic mass is 9.70. The van der Waals surface area contributed by atoms with E-state index in [1.807, 2.05) is 56.0 Å². The summed E-state index contributed by atoms with van der Waals surface area (Å²) in [7, 11) is 0. The van der Waals surface area contributed by atoms with Crippen molar-refractivity contribution >= 4 is 11.8 Å². The Morgan fingerprint density at radius 3 is 2.09 bits per heavy atom. The number of amides is 2. The number of piperidine rings is 1. The van der Waals surface area contributed by atoms with Crippen molar-refractivity contribution in [3.8, 4) is 0 Å². The van der Waals surface area contributed by atoms with Crippen molar-refractivity contribution in [2.24, 2.45) is 0 Å². The first kappa shape index (κ1) is 16.5. The lowest BCUT2D eigenvalue weighted by Gasteiger charge is -2.41. The lowest BCUT2D eigenvalue weighted by Crippen LogP contribution is -2.54. The molecule has 2 rings (SSSR count). The summed E-state index contributed by atoms with van der Waals surface area (Å²) in [5.74, 6) is 0.189. The molecule has 0 spiro atoms. The molecule has 1 saturated heterocycles. The maximum Gasteiger partial charge on any atom is 0.317 e. The van der Waals surface area contributed by atoms with Crippen molar-refractivity contribution in [1.29, 1.82) is 0 Å². The Morgan fingerprint density at radius 2 is 1.64 bits per heavy atom. The van der Waals surface area contributed by atoms with E-state index in [4.69, 9.17) is 0 Å². The first-order valence-corrected chi connectivity index (χ1v) is 7.88. The van der Waals surface area contributed by atoms with Crippen molar-refractivity contribution < 1.29 is 9.59 Å². The van der Waals surface area contributed by atoms with E-state index in [0.717, 1.165) is 5.56 Å². The SMILES string of the molecule is CC(=O)C1(c2ccccc2)CCN(C(=O)NC(C)(C)C)CC1. The fourth-order valence-electron chi connectivity index (χ4n) is 3.09. The number of rotatable bonds is 2. The van der Waals surface area contributed by atoms with E-state index < -0.39 is 5.41 Å². The number of hydrogen-bond donors (Lipinski definition) is 1. The van der Waals surface area contributed by atoms with Crippen molar-refractivity contribution in [1.82, 2.24) is 10.2 Å². The van der Waals surface area contributed by atoms with Gasteiger partial charge in [-0.1, -0.05) is 30.3 Å². The van der Waals surface area contributed by atoms with Gasteiger partial charge in [0.15, 0.2) is 0 Å². The third-order valence-electron chi connectivity index (χ3n) is 4.39. The van der Waals surface area contributed by atoms with Crippen LogP contribution in [0.15, 0.2) is 30.3 Å². The van der Waals surface area contributed by atoms with E-state index in [1.54, 1.807) is 6.92 Å². The third kappa shape index (κ3) is 3.49. The molecule has 0 aliphatic carbocycles. The molecular weight excluding hydrogens is 276 g/mol. The molecule has 1 N–H and O–H groups in total. The van der Waals surface area contributed by atoms with E-state index >= 15 is 0 Å². The second-order valence-corrected chi connectivity index (χ2v) is 7.17. The van der Waals surface area contributed by atoms with Crippen LogP contribution in [0.3, 0.4) is 0 Å². The number of hydrogen-bond acceptors (Lipinski definition) is 2. The Kier molecular flexibility index (Phi) is 4.59. The molecule has 1 aliphatic heterocycles. The van der Waals surface area contributed by atoms with Crippen LogP contribution in [-0.2, 0) is 10.2 Å². The molecule has 0 saturated carbocycles. The summed E-state index contributed by atoms with van der Waals surface area (Å²) in [6.45, 7) is 8.79. The number of nitrogens with zero attached hydrogens (tertiary/aromatic N) is 1. The van der Waals surface area contributed by atoms with E-state index in [2.05, 4.69) is 5.32 Å². The zero-order valence-corrected chi connectivity index (χ0v) is 14.0. The summed E-state index contributed by atoms with van der Waals surface area (Å²) < 4.78 is 0. The summed E-state index contributed by atoms with van der Waals surface area (Å²) in [6.07, 6.45) is 1.37. The highest BCUT2D eigenvalue weighted by atomic mass is 16.2. The number of ketones is 1. The highest BCUT2D eigenvalue weighted by Gasteiger charge is 2.41. The molecule has 0 radical (unpaired) electrons. The van der Waals surface area contributed by atoms with Gasteiger partial charge in [0.2, 0.25) is 0 Å². The smallest absolute Gasteiger partial charge is 0.317 e. The van der Waals surface area contributed by atoms with Gasteiger partial charge in [0.05, 0.1) is 5.41 Å². The minimum atomic E-state index is -0.445. The van der Waals surface area contributed by atoms with Gasteiger partial charge in [-0.25, -0.2) is 4.79 Å². The lowest BCUT2D eigenvalue weighted by molar-refractivity contribution is -0.124. The minimum Gasteiger partial charge on any atom is -0.333 e. The molecule has 4 nitrogen and oxygen atoms in total. The fraction of sp³-hybridized carbons (Fsp3) is 0.556. The fourth-order valence-corrected chi connectivity index (χ4v) is 3.09. The van der Waals surface area contributed by atoms with Gasteiger partial charge in [0.25, 0.3) is 0 Å². The van der Waals surface area contributed by atoms with Gasteiger partial charge in [-0.05, 0) is 46.1 Å². The van der Waals surface area contributed by atoms with Gasteiger partial charge in [-0.3, -0.25) is 4.79 Å². The summed E-state index contributed by atoms with van der Waals surface area (Å²) in [4.78, 5) is 26.4. The zero-order chi connectivity index (χ0) is 16.4. The van der Waals surface area contributed by atoms with Crippen LogP contribution < -0.4 is 5.32 Å². The van der Waals surface area contributed by atoms with Crippen LogP contribution in [0.5, 0.6) is 0 Å². The quantitative estimate of drug-likeness (QED) is 0.912. The van der Waals surface area contributed by atoms with Crippen LogP contribution in [0.2, 0.25) is 0 Å². The molecule has 0 aromatic heterocycles. The maximum atomic E-state index is 12.3. The Bertz CT molecular complexity index is 538. The molecule has 0 unspecified atom stereocenters. The van der Waals surface area contributed by atoms with Gasteiger partial charge in [0, 0.05) is 18.6 Å². The number of Topliss-reactive ketones (excluding diaryl/α,β-unsaturated/α-hetero) is 1. The molecule has 1 aliphatic rings. The van der Waals surface area contributed by atoms with Crippen molar-refractivity contribution in [2.45, 2.75) is 51.5 Å². The Balaban J connectivity index is 2.11. The number of likely N-dealkylation sites (tertiary alicyclic amines) is 1. The maximum absolute atomic E-state index is 12.3. The summed E-state index contributed by atoms with van der Waals surface area (Å²) in [5, 5.41) is 2.99. The summed E-state index contributed by atoms with van der Waals surface area (Å²) in [6, 6.07) is 9.90. The van der Waals surface area contributed by atoms with Crippen LogP contribution in [0.4, 0.5) is 4.79 Å². The van der Waals surface area contributed by atoms with E-state index in [9.17, 15) is 9.59 Å². The number of carbonyl (C=O) groups is 2. The molecule has 2 amide bonds. The second-order valence-electron chi connectivity index (χ2n) is 7.17. The highest BCUT2D eigenvalue weighted by Crippen LogP contribution is 2.36. The van der Waals surface area contributed by atoms with Gasteiger partial charge in [-0.15, -0.1) is 0 Å². The zero-order valence-electron chi connectivity index (χ0n) is 14.0. The molecule has 120 valence electrons. The average Bonchev–Trinajstić information content (AvgIpc) is 2.46. The molecule has 1 aromatic rings. The average molecular weight is 302 g/mol. The molecule has 1 heterocycles. The van der Waals surface area contributed by atoms with Crippen molar-refractivity contribution in [3.05, 3.63) is 35.9 Å². The first-order valence-electron chi connectivity index (χ1n) is 7.88. The molecular formula is C18H26N2O2. The second kappa shape index (κ2) is 6.11. The number of carbonyl (C=O) groups excluding carboxylic acids is 2. The minimum absolute atomic E-state index is 0.0438. The normalized spacial score (nSPS) is 17.9. The first-order chi connectivity index (χ1) is 10.2. The van der Waals surface area contributed by atoms with Crippen molar-refractivity contribution in [3.63, 3.8) is 0 Å². The molecule has 1 fully saturated rings. The molecule has 1 aromatic carbocycles. The number of nitrogens with one attached hydrogen (secondary N) is 1. The van der Waals surface area contributed by atoms with Gasteiger partial charge >= 0.3 is 6.03 Å². The number of benzene rings is 1. The summed E-state index contributed by atoms with van der Waals surface area (Å²) in [5.41, 5.74) is 0.379. The van der Waals surface area contributed by atoms with Gasteiger partial charge in [-0.2, -0.15) is 0 Å². The molecule has 22 heavy (non-hydrogen) atoms. The van der Waals surface area contributed by atoms with Crippen LogP contribution in [0.1, 0.15) is 46.1 Å². The van der Waals surface area contributed by atoms with Crippen molar-refractivity contribution in [2.75, 3.05) is 13.1 Å². The van der Waals surface area contributed by atoms with E-state index in [1.165, 1.54) is 0 Å². The number of urea groups is 1. The standard InChI is InChI=1S/C18H26N2O2/c1-14(21)18(15-8-6-5-7-9-15)10-12-20(13-11-18)16(22)19-17(2,3)4/h5-9H,10-13H2,1-4H3,(H,19,22). The molecule has 4 heteroatoms. The predicted molar refractivity (Wildman–Crippen MR) is 87.9 cm³/mol. The van der Waals surface area contributed by atoms with E-state index in [-0.39, 0.29) is 17.4 Å². The monoisotopic (exact) mass is 302 g/mol. The Hall–Kier alpha value is -1.84. The van der Waals surface area contributed by atoms with Crippen LogP contribution >= 0.6 is 0 Å². The topological polar surface area (TPSA) is 49.4 Å². The highest BCUT2D eigenvalue weighted by molar-refractivity contribution is 5.88. The van der Waals surface area contributed by atoms with Gasteiger partial charge < -0.3 is 10.2 Å². The Morgan fingerprint density at radius 1 is 1.09 bits per heavy atom. The largest absolute Gasteiger partial charge is 0.333 e. The third-order valence-corrected chi connectivity index (χ3v) is 4.39. The van der Waals surface area contributed by atoms with Crippen LogP contribution in [0, 0.1) is 0 Å². The predicted octanol–water partition coefficient (Wildman–Crippen LogP) is 3.12. The van der Waals surface area contributed by atoms with Gasteiger partial charge in [0.1, 0.15) is 5.78 Å². The Labute approximate surface area is 132 Å². The van der Waals surface area contributed by atoms with Crippen LogP contribution in [0.25, 0.3) is 0 Å². The molecule has 0 atom stereocenters. The van der Waals surface area contributed by atoms with E-state index in [0.29, 0.717) is 25.9 Å². The molecule has 0 bridgehead atoms. The van der Waals surface area contributed by atoms with Crippen LogP contribution in [-0.4, -0.2) is 35.3 Å².